The first-order chi connectivity index (χ1) is 12.5. The number of carbonyl (C=O) groups excluding carboxylic acids is 1. The molecule has 0 radical (unpaired) electrons. The molecule has 0 saturated carbocycles. The highest BCUT2D eigenvalue weighted by molar-refractivity contribution is 8.00. The summed E-state index contributed by atoms with van der Waals surface area (Å²) >= 11 is 1.39. The predicted molar refractivity (Wildman–Crippen MR) is 106 cm³/mol. The number of rotatable bonds is 5. The van der Waals surface area contributed by atoms with E-state index in [0.717, 1.165) is 22.5 Å². The zero-order chi connectivity index (χ0) is 18.5. The first kappa shape index (κ1) is 18.1. The van der Waals surface area contributed by atoms with Gasteiger partial charge in [-0.15, -0.1) is 0 Å². The minimum Gasteiger partial charge on any atom is -0.348 e. The van der Waals surface area contributed by atoms with Crippen LogP contribution >= 0.6 is 11.8 Å². The van der Waals surface area contributed by atoms with Gasteiger partial charge in [-0.2, -0.15) is 0 Å². The van der Waals surface area contributed by atoms with Gasteiger partial charge in [0, 0.05) is 25.4 Å². The van der Waals surface area contributed by atoms with Gasteiger partial charge in [-0.05, 0) is 18.6 Å². The summed E-state index contributed by atoms with van der Waals surface area (Å²) in [5.74, 6) is 0.0209. The average molecular weight is 363 g/mol. The van der Waals surface area contributed by atoms with Crippen LogP contribution in [-0.2, 0) is 4.79 Å². The fraction of sp³-hybridized carbons (Fsp3) is 0.190. The molecule has 1 amide bonds. The molecule has 0 spiro atoms. The number of likely N-dealkylation sites (N-methyl/N-ethyl adjacent to an activating group) is 1. The van der Waals surface area contributed by atoms with Crippen molar-refractivity contribution in [1.82, 2.24) is 14.9 Å². The van der Waals surface area contributed by atoms with E-state index in [4.69, 9.17) is 4.98 Å². The van der Waals surface area contributed by atoms with Crippen molar-refractivity contribution in [2.45, 2.75) is 17.3 Å². The van der Waals surface area contributed by atoms with Gasteiger partial charge in [-0.1, -0.05) is 72.4 Å². The van der Waals surface area contributed by atoms with Crippen molar-refractivity contribution in [2.75, 3.05) is 14.1 Å². The zero-order valence-corrected chi connectivity index (χ0v) is 15.9. The molecular formula is C21H21N3OS. The molecule has 0 fully saturated rings. The first-order valence-corrected chi connectivity index (χ1v) is 9.26. The van der Waals surface area contributed by atoms with Gasteiger partial charge in [-0.3, -0.25) is 4.79 Å². The fourth-order valence-corrected chi connectivity index (χ4v) is 3.74. The molecule has 0 unspecified atom stereocenters. The van der Waals surface area contributed by atoms with Crippen molar-refractivity contribution >= 4 is 17.7 Å². The van der Waals surface area contributed by atoms with Crippen LogP contribution in [0, 0.1) is 6.92 Å². The smallest absolute Gasteiger partial charge is 0.240 e. The van der Waals surface area contributed by atoms with Gasteiger partial charge in [0.05, 0.1) is 5.69 Å². The topological polar surface area (TPSA) is 46.1 Å². The number of aromatic nitrogens is 2. The molecule has 0 saturated heterocycles. The molecule has 0 aliphatic carbocycles. The lowest BCUT2D eigenvalue weighted by Gasteiger charge is -2.20. The van der Waals surface area contributed by atoms with Crippen LogP contribution in [0.3, 0.4) is 0 Å². The van der Waals surface area contributed by atoms with Gasteiger partial charge in [0.1, 0.15) is 5.25 Å². The molecule has 0 aliphatic rings. The molecule has 5 heteroatoms. The van der Waals surface area contributed by atoms with Crippen LogP contribution in [0.25, 0.3) is 11.3 Å². The number of aryl methyl sites for hydroxylation is 1. The normalized spacial score (nSPS) is 11.8. The van der Waals surface area contributed by atoms with E-state index in [1.54, 1.807) is 19.0 Å². The minimum absolute atomic E-state index is 0.0209. The summed E-state index contributed by atoms with van der Waals surface area (Å²) in [6, 6.07) is 21.7. The van der Waals surface area contributed by atoms with E-state index in [1.165, 1.54) is 11.8 Å². The Morgan fingerprint density at radius 1 is 0.962 bits per heavy atom. The Morgan fingerprint density at radius 3 is 2.19 bits per heavy atom. The van der Waals surface area contributed by atoms with Gasteiger partial charge in [-0.25, -0.2) is 9.97 Å². The Kier molecular flexibility index (Phi) is 5.68. The maximum atomic E-state index is 12.7. The number of hydrogen-bond donors (Lipinski definition) is 0. The Morgan fingerprint density at radius 2 is 1.58 bits per heavy atom. The molecule has 0 aliphatic heterocycles. The first-order valence-electron chi connectivity index (χ1n) is 8.38. The predicted octanol–water partition coefficient (Wildman–Crippen LogP) is 4.37. The van der Waals surface area contributed by atoms with Gasteiger partial charge >= 0.3 is 0 Å². The van der Waals surface area contributed by atoms with Crippen molar-refractivity contribution in [1.29, 1.82) is 0 Å². The molecule has 3 rings (SSSR count). The SMILES string of the molecule is Cc1cc(-c2ccccc2)nc(S[C@@H](C(=O)N(C)C)c2ccccc2)n1. The average Bonchev–Trinajstić information content (AvgIpc) is 2.66. The van der Waals surface area contributed by atoms with Crippen molar-refractivity contribution in [3.63, 3.8) is 0 Å². The molecular weight excluding hydrogens is 342 g/mol. The molecule has 3 aromatic rings. The van der Waals surface area contributed by atoms with Crippen LogP contribution in [0.15, 0.2) is 71.9 Å². The van der Waals surface area contributed by atoms with Gasteiger partial charge in [0.15, 0.2) is 5.16 Å². The molecule has 4 nitrogen and oxygen atoms in total. The largest absolute Gasteiger partial charge is 0.348 e. The standard InChI is InChI=1S/C21H21N3OS/c1-15-14-18(16-10-6-4-7-11-16)23-21(22-15)26-19(20(25)24(2)3)17-12-8-5-9-13-17/h4-14,19H,1-3H3/t19-/m1/s1. The summed E-state index contributed by atoms with van der Waals surface area (Å²) in [7, 11) is 3.54. The zero-order valence-electron chi connectivity index (χ0n) is 15.1. The van der Waals surface area contributed by atoms with Crippen LogP contribution in [-0.4, -0.2) is 34.9 Å². The summed E-state index contributed by atoms with van der Waals surface area (Å²) in [5.41, 5.74) is 3.73. The summed E-state index contributed by atoms with van der Waals surface area (Å²) in [6.45, 7) is 1.95. The molecule has 26 heavy (non-hydrogen) atoms. The second kappa shape index (κ2) is 8.15. The number of amides is 1. The van der Waals surface area contributed by atoms with E-state index in [9.17, 15) is 4.79 Å². The van der Waals surface area contributed by atoms with Gasteiger partial charge in [0.25, 0.3) is 0 Å². The monoisotopic (exact) mass is 363 g/mol. The minimum atomic E-state index is -0.378. The quantitative estimate of drug-likeness (QED) is 0.499. The highest BCUT2D eigenvalue weighted by Crippen LogP contribution is 2.35. The number of carbonyl (C=O) groups is 1. The molecule has 2 aromatic carbocycles. The van der Waals surface area contributed by atoms with E-state index >= 15 is 0 Å². The third-order valence-electron chi connectivity index (χ3n) is 3.89. The Bertz CT molecular complexity index is 882. The maximum absolute atomic E-state index is 12.7. The van der Waals surface area contributed by atoms with E-state index in [-0.39, 0.29) is 11.2 Å². The Hall–Kier alpha value is -2.66. The van der Waals surface area contributed by atoms with Crippen molar-refractivity contribution in [3.8, 4) is 11.3 Å². The van der Waals surface area contributed by atoms with Crippen LogP contribution in [0.5, 0.6) is 0 Å². The third kappa shape index (κ3) is 4.29. The fourth-order valence-electron chi connectivity index (χ4n) is 2.58. The molecule has 1 heterocycles. The molecule has 0 N–H and O–H groups in total. The van der Waals surface area contributed by atoms with Crippen molar-refractivity contribution < 1.29 is 4.79 Å². The van der Waals surface area contributed by atoms with Gasteiger partial charge < -0.3 is 4.90 Å². The van der Waals surface area contributed by atoms with Crippen molar-refractivity contribution in [3.05, 3.63) is 78.0 Å². The lowest BCUT2D eigenvalue weighted by molar-refractivity contribution is -0.128. The second-order valence-electron chi connectivity index (χ2n) is 6.18. The van der Waals surface area contributed by atoms with Crippen molar-refractivity contribution in [2.24, 2.45) is 0 Å². The number of thioether (sulfide) groups is 1. The van der Waals surface area contributed by atoms with E-state index in [0.29, 0.717) is 5.16 Å². The summed E-state index contributed by atoms with van der Waals surface area (Å²) in [5, 5.41) is 0.226. The second-order valence-corrected chi connectivity index (χ2v) is 7.26. The highest BCUT2D eigenvalue weighted by atomic mass is 32.2. The molecule has 132 valence electrons. The maximum Gasteiger partial charge on any atom is 0.240 e. The van der Waals surface area contributed by atoms with Crippen LogP contribution in [0.2, 0.25) is 0 Å². The van der Waals surface area contributed by atoms with Crippen LogP contribution in [0.4, 0.5) is 0 Å². The van der Waals surface area contributed by atoms with Gasteiger partial charge in [0.2, 0.25) is 5.91 Å². The summed E-state index contributed by atoms with van der Waals surface area (Å²) in [6.07, 6.45) is 0. The lowest BCUT2D eigenvalue weighted by Crippen LogP contribution is -2.26. The molecule has 1 atom stereocenters. The summed E-state index contributed by atoms with van der Waals surface area (Å²) in [4.78, 5) is 23.6. The molecule has 0 bridgehead atoms. The van der Waals surface area contributed by atoms with E-state index < -0.39 is 0 Å². The number of nitrogens with zero attached hydrogens (tertiary/aromatic N) is 3. The number of benzene rings is 2. The lowest BCUT2D eigenvalue weighted by atomic mass is 10.1. The number of hydrogen-bond acceptors (Lipinski definition) is 4. The third-order valence-corrected chi connectivity index (χ3v) is 5.00. The summed E-state index contributed by atoms with van der Waals surface area (Å²) < 4.78 is 0. The van der Waals surface area contributed by atoms with Crippen LogP contribution < -0.4 is 0 Å². The highest BCUT2D eigenvalue weighted by Gasteiger charge is 2.25. The van der Waals surface area contributed by atoms with E-state index in [1.807, 2.05) is 73.7 Å². The molecule has 1 aromatic heterocycles. The Labute approximate surface area is 158 Å². The Balaban J connectivity index is 1.97. The van der Waals surface area contributed by atoms with E-state index in [2.05, 4.69) is 4.98 Å². The van der Waals surface area contributed by atoms with Crippen LogP contribution in [0.1, 0.15) is 16.5 Å².